The van der Waals surface area contributed by atoms with Gasteiger partial charge >= 0.3 is 0 Å². The highest BCUT2D eigenvalue weighted by Gasteiger charge is 2.55. The van der Waals surface area contributed by atoms with Gasteiger partial charge in [-0.05, 0) is 77.9 Å². The fourth-order valence-corrected chi connectivity index (χ4v) is 5.30. The Labute approximate surface area is 203 Å². The van der Waals surface area contributed by atoms with Crippen LogP contribution in [0.4, 0.5) is 0 Å². The van der Waals surface area contributed by atoms with Gasteiger partial charge in [0.15, 0.2) is 5.78 Å². The average Bonchev–Trinajstić information content (AvgIpc) is 3.15. The fourth-order valence-electron chi connectivity index (χ4n) is 5.05. The Morgan fingerprint density at radius 1 is 0.970 bits per heavy atom. The lowest BCUT2D eigenvalue weighted by Gasteiger charge is -2.31. The molecule has 1 saturated heterocycles. The summed E-state index contributed by atoms with van der Waals surface area (Å²) in [7, 11) is 0. The van der Waals surface area contributed by atoms with Crippen molar-refractivity contribution in [3.05, 3.63) is 99.2 Å². The monoisotopic (exact) mass is 478 g/mol. The van der Waals surface area contributed by atoms with E-state index in [9.17, 15) is 9.90 Å². The molecule has 3 aromatic rings. The van der Waals surface area contributed by atoms with Crippen LogP contribution < -0.4 is 0 Å². The molecule has 2 bridgehead atoms. The molecule has 33 heavy (non-hydrogen) atoms. The third-order valence-electron chi connectivity index (χ3n) is 6.84. The molecule has 2 aliphatic rings. The zero-order valence-corrected chi connectivity index (χ0v) is 20.0. The van der Waals surface area contributed by atoms with Gasteiger partial charge in [-0.25, -0.2) is 0 Å². The Morgan fingerprint density at radius 2 is 1.58 bits per heavy atom. The third kappa shape index (κ3) is 3.78. The SMILES string of the molecule is CCc1ccc(-c2ccc(Cl)cc2)cc1C1=C(O)C2(C)CC(c3ccc(Cl)cc3)C(O2)C1=O. The summed E-state index contributed by atoms with van der Waals surface area (Å²) in [6.07, 6.45) is 0.618. The maximum atomic E-state index is 13.8. The van der Waals surface area contributed by atoms with Gasteiger partial charge in [0.25, 0.3) is 0 Å². The van der Waals surface area contributed by atoms with Crippen molar-refractivity contribution in [2.75, 3.05) is 0 Å². The Bertz CT molecular complexity index is 1260. The second-order valence-electron chi connectivity index (χ2n) is 8.95. The van der Waals surface area contributed by atoms with Gasteiger partial charge in [-0.3, -0.25) is 4.79 Å². The van der Waals surface area contributed by atoms with Gasteiger partial charge < -0.3 is 9.84 Å². The van der Waals surface area contributed by atoms with E-state index in [2.05, 4.69) is 6.92 Å². The molecule has 1 N–H and O–H groups in total. The first-order valence-corrected chi connectivity index (χ1v) is 11.9. The number of carbonyl (C=O) groups excluding carboxylic acids is 1. The molecule has 0 saturated carbocycles. The van der Waals surface area contributed by atoms with Crippen LogP contribution in [-0.4, -0.2) is 22.6 Å². The lowest BCUT2D eigenvalue weighted by molar-refractivity contribution is -0.131. The molecule has 2 heterocycles. The van der Waals surface area contributed by atoms with Gasteiger partial charge in [0.05, 0.1) is 5.57 Å². The molecule has 2 aliphatic heterocycles. The summed E-state index contributed by atoms with van der Waals surface area (Å²) in [5.74, 6) is -0.308. The number of ketones is 1. The number of rotatable bonds is 4. The van der Waals surface area contributed by atoms with Gasteiger partial charge in [-0.2, -0.15) is 0 Å². The van der Waals surface area contributed by atoms with Gasteiger partial charge in [-0.15, -0.1) is 0 Å². The normalized spacial score (nSPS) is 24.4. The van der Waals surface area contributed by atoms with E-state index in [0.29, 0.717) is 22.0 Å². The first-order chi connectivity index (χ1) is 15.8. The summed E-state index contributed by atoms with van der Waals surface area (Å²) in [4.78, 5) is 13.8. The van der Waals surface area contributed by atoms with E-state index in [4.69, 9.17) is 27.9 Å². The van der Waals surface area contributed by atoms with E-state index in [0.717, 1.165) is 34.2 Å². The number of carbonyl (C=O) groups is 1. The van der Waals surface area contributed by atoms with Crippen LogP contribution in [0.15, 0.2) is 72.5 Å². The molecular formula is C28H24Cl2O3. The van der Waals surface area contributed by atoms with Gasteiger partial charge in [0.2, 0.25) is 0 Å². The fraction of sp³-hybridized carbons (Fsp3) is 0.250. The number of aryl methyl sites for hydroxylation is 1. The molecule has 1 fully saturated rings. The van der Waals surface area contributed by atoms with E-state index in [1.807, 2.05) is 73.7 Å². The van der Waals surface area contributed by atoms with Crippen LogP contribution in [0.25, 0.3) is 16.7 Å². The highest BCUT2D eigenvalue weighted by Crippen LogP contribution is 2.51. The Morgan fingerprint density at radius 3 is 2.21 bits per heavy atom. The number of aliphatic hydroxyl groups is 1. The van der Waals surface area contributed by atoms with Crippen molar-refractivity contribution in [2.45, 2.75) is 44.3 Å². The zero-order valence-electron chi connectivity index (χ0n) is 18.4. The average molecular weight is 479 g/mol. The lowest BCUT2D eigenvalue weighted by Crippen LogP contribution is -2.38. The molecule has 3 nitrogen and oxygen atoms in total. The Hall–Kier alpha value is -2.59. The Balaban J connectivity index is 1.61. The summed E-state index contributed by atoms with van der Waals surface area (Å²) in [5, 5.41) is 12.7. The van der Waals surface area contributed by atoms with Crippen molar-refractivity contribution in [3.8, 4) is 11.1 Å². The maximum absolute atomic E-state index is 13.8. The first-order valence-electron chi connectivity index (χ1n) is 11.1. The van der Waals surface area contributed by atoms with Crippen molar-refractivity contribution >= 4 is 34.6 Å². The number of hydrogen-bond acceptors (Lipinski definition) is 3. The van der Waals surface area contributed by atoms with E-state index < -0.39 is 11.7 Å². The molecule has 3 atom stereocenters. The first kappa shape index (κ1) is 22.2. The molecule has 3 unspecified atom stereocenters. The smallest absolute Gasteiger partial charge is 0.196 e. The van der Waals surface area contributed by atoms with Crippen LogP contribution in [0.2, 0.25) is 10.0 Å². The summed E-state index contributed by atoms with van der Waals surface area (Å²) < 4.78 is 6.15. The van der Waals surface area contributed by atoms with E-state index in [1.54, 1.807) is 0 Å². The van der Waals surface area contributed by atoms with Crippen molar-refractivity contribution in [1.82, 2.24) is 0 Å². The molecule has 5 rings (SSSR count). The number of aliphatic hydroxyl groups excluding tert-OH is 1. The number of hydrogen-bond donors (Lipinski definition) is 1. The Kier molecular flexibility index (Phi) is 5.60. The van der Waals surface area contributed by atoms with Crippen LogP contribution in [0.1, 0.15) is 42.9 Å². The quantitative estimate of drug-likeness (QED) is 0.424. The van der Waals surface area contributed by atoms with Gasteiger partial charge in [0, 0.05) is 16.0 Å². The predicted molar refractivity (Wildman–Crippen MR) is 133 cm³/mol. The van der Waals surface area contributed by atoms with Crippen LogP contribution in [0.5, 0.6) is 0 Å². The molecule has 3 aromatic carbocycles. The van der Waals surface area contributed by atoms with Crippen LogP contribution in [0, 0.1) is 0 Å². The minimum atomic E-state index is -0.917. The second-order valence-corrected chi connectivity index (χ2v) is 9.82. The molecule has 5 heteroatoms. The van der Waals surface area contributed by atoms with E-state index >= 15 is 0 Å². The minimum Gasteiger partial charge on any atom is -0.508 e. The van der Waals surface area contributed by atoms with Crippen LogP contribution in [-0.2, 0) is 16.0 Å². The van der Waals surface area contributed by atoms with Crippen LogP contribution >= 0.6 is 23.2 Å². The van der Waals surface area contributed by atoms with Crippen molar-refractivity contribution in [3.63, 3.8) is 0 Å². The number of ether oxygens (including phenoxy) is 1. The zero-order chi connectivity index (χ0) is 23.3. The second kappa shape index (κ2) is 8.32. The predicted octanol–water partition coefficient (Wildman–Crippen LogP) is 7.41. The van der Waals surface area contributed by atoms with Crippen LogP contribution in [0.3, 0.4) is 0 Å². The summed E-state index contributed by atoms with van der Waals surface area (Å²) in [6.45, 7) is 3.92. The lowest BCUT2D eigenvalue weighted by atomic mass is 9.86. The molecule has 0 spiro atoms. The van der Waals surface area contributed by atoms with E-state index in [1.165, 1.54) is 0 Å². The summed E-state index contributed by atoms with van der Waals surface area (Å²) in [5.41, 5.74) is 4.18. The highest BCUT2D eigenvalue weighted by atomic mass is 35.5. The van der Waals surface area contributed by atoms with Crippen molar-refractivity contribution in [2.24, 2.45) is 0 Å². The van der Waals surface area contributed by atoms with Crippen molar-refractivity contribution < 1.29 is 14.6 Å². The highest BCUT2D eigenvalue weighted by molar-refractivity contribution is 6.31. The minimum absolute atomic E-state index is 0.0168. The topological polar surface area (TPSA) is 46.5 Å². The number of fused-ring (bicyclic) bond motifs is 2. The van der Waals surface area contributed by atoms with Gasteiger partial charge in [-0.1, -0.05) is 66.5 Å². The number of Topliss-reactive ketones (excluding diaryl/α,β-unsaturated/α-hetero) is 1. The summed E-state index contributed by atoms with van der Waals surface area (Å²) >= 11 is 12.1. The van der Waals surface area contributed by atoms with Gasteiger partial charge in [0.1, 0.15) is 17.5 Å². The van der Waals surface area contributed by atoms with Crippen molar-refractivity contribution in [1.29, 1.82) is 0 Å². The maximum Gasteiger partial charge on any atom is 0.196 e. The molecule has 0 radical (unpaired) electrons. The largest absolute Gasteiger partial charge is 0.508 e. The third-order valence-corrected chi connectivity index (χ3v) is 7.34. The molecule has 0 aliphatic carbocycles. The standard InChI is InChI=1S/C28H24Cl2O3/c1-3-16-4-5-19(17-6-10-20(29)11-7-17)14-22(16)24-25(31)26-23(15-28(2,33-26)27(24)32)18-8-12-21(30)13-9-18/h4-14,23,26,32H,3,15H2,1-2H3. The molecule has 168 valence electrons. The molecule has 0 amide bonds. The molecular weight excluding hydrogens is 455 g/mol. The molecule has 0 aromatic heterocycles. The van der Waals surface area contributed by atoms with E-state index in [-0.39, 0.29) is 17.5 Å². The number of benzene rings is 3. The summed E-state index contributed by atoms with van der Waals surface area (Å²) in [6, 6.07) is 21.2. The number of halogens is 2.